The molecule has 32 heavy (non-hydrogen) atoms. The fourth-order valence-electron chi connectivity index (χ4n) is 3.36. The van der Waals surface area contributed by atoms with Gasteiger partial charge in [0.15, 0.2) is 0 Å². The van der Waals surface area contributed by atoms with Gasteiger partial charge in [-0.1, -0.05) is 65.8 Å². The van der Waals surface area contributed by atoms with Crippen LogP contribution < -0.4 is 0 Å². The van der Waals surface area contributed by atoms with E-state index in [2.05, 4.69) is 10.0 Å². The number of carbonyl (C=O) groups excluding carboxylic acids is 1. The molecule has 10 radical (unpaired) electrons. The Morgan fingerprint density at radius 3 is 1.81 bits per heavy atom. The summed E-state index contributed by atoms with van der Waals surface area (Å²) in [4.78, 5) is 14.7. The van der Waals surface area contributed by atoms with Crippen molar-refractivity contribution < 1.29 is 26.6 Å². The van der Waals surface area contributed by atoms with Crippen molar-refractivity contribution in [2.24, 2.45) is 5.11 Å². The molecule has 0 amide bonds. The summed E-state index contributed by atoms with van der Waals surface area (Å²) in [6.45, 7) is 1.39. The molecule has 0 heterocycles. The van der Waals surface area contributed by atoms with Crippen LogP contribution in [0.3, 0.4) is 0 Å². The van der Waals surface area contributed by atoms with Gasteiger partial charge in [0, 0.05) is 23.7 Å². The molecule has 5 nitrogen and oxygen atoms in total. The Hall–Kier alpha value is -2.26. The smallest absolute Gasteiger partial charge is 0.457 e. The van der Waals surface area contributed by atoms with E-state index in [1.807, 2.05) is 112 Å². The molecule has 0 bridgehead atoms. The number of hydrogen-bond acceptors (Lipinski definition) is 3. The van der Waals surface area contributed by atoms with Gasteiger partial charge in [-0.25, -0.2) is 0 Å². The Bertz CT molecular complexity index is 844. The number of hydrogen-bond donors (Lipinski definition) is 0. The zero-order valence-electron chi connectivity index (χ0n) is 17.6. The second-order valence-electron chi connectivity index (χ2n) is 6.82. The van der Waals surface area contributed by atoms with Crippen molar-refractivity contribution in [3.63, 3.8) is 0 Å². The zero-order chi connectivity index (χ0) is 21.9. The predicted molar refractivity (Wildman–Crippen MR) is 120 cm³/mol. The second kappa shape index (κ2) is 14.0. The summed E-state index contributed by atoms with van der Waals surface area (Å²) in [7, 11) is 0. The van der Waals surface area contributed by atoms with Crippen molar-refractivity contribution in [3.05, 3.63) is 145 Å². The minimum atomic E-state index is -0.557. The summed E-state index contributed by atoms with van der Waals surface area (Å²) >= 11 is 0. The Labute approximate surface area is 202 Å². The minimum absolute atomic E-state index is 0. The van der Waals surface area contributed by atoms with Crippen LogP contribution in [0.15, 0.2) is 65.8 Å². The fourth-order valence-corrected chi connectivity index (χ4v) is 3.36. The summed E-state index contributed by atoms with van der Waals surface area (Å²) in [6.07, 6.45) is 15.1. The predicted octanol–water partition coefficient (Wildman–Crippen LogP) is 6.14. The number of rotatable bonds is 6. The molecule has 2 aliphatic rings. The molecule has 0 saturated heterocycles. The Kier molecular flexibility index (Phi) is 11.4. The number of nitrogens with zero attached hydrogens (tertiary/aromatic N) is 3. The molecule has 4 rings (SSSR count). The first-order valence-electron chi connectivity index (χ1n) is 9.94. The first-order valence-corrected chi connectivity index (χ1v) is 9.94. The molecule has 6 heteroatoms. The largest absolute Gasteiger partial charge is 2.00 e. The van der Waals surface area contributed by atoms with Crippen molar-refractivity contribution in [1.82, 2.24) is 0 Å². The maximum atomic E-state index is 11.7. The zero-order valence-corrected chi connectivity index (χ0v) is 18.7. The summed E-state index contributed by atoms with van der Waals surface area (Å²) in [5.41, 5.74) is 10.8. The molecule has 2 aliphatic carbocycles. The summed E-state index contributed by atoms with van der Waals surface area (Å²) in [5, 5.41) is 3.99. The van der Waals surface area contributed by atoms with Gasteiger partial charge in [-0.2, -0.15) is 0 Å². The number of carbonyl (C=O) groups is 1. The number of benzene rings is 2. The van der Waals surface area contributed by atoms with Crippen LogP contribution in [0.25, 0.3) is 10.4 Å². The molecule has 160 valence electrons. The third-order valence-electron chi connectivity index (χ3n) is 4.69. The third-order valence-corrected chi connectivity index (χ3v) is 4.69. The van der Waals surface area contributed by atoms with Gasteiger partial charge in [0.05, 0.1) is 6.04 Å². The van der Waals surface area contributed by atoms with Gasteiger partial charge in [0.25, 0.3) is 0 Å². The molecule has 2 aromatic carbocycles. The summed E-state index contributed by atoms with van der Waals surface area (Å²) in [6, 6.07) is 18.6. The average Bonchev–Trinajstić information content (AvgIpc) is 3.52. The second-order valence-corrected chi connectivity index (χ2v) is 6.82. The van der Waals surface area contributed by atoms with E-state index in [1.54, 1.807) is 0 Å². The Morgan fingerprint density at radius 2 is 1.31 bits per heavy atom. The molecule has 2 atom stereocenters. The van der Waals surface area contributed by atoms with Crippen LogP contribution in [0.5, 0.6) is 0 Å². The number of azide groups is 1. The van der Waals surface area contributed by atoms with Crippen LogP contribution in [0.2, 0.25) is 0 Å². The summed E-state index contributed by atoms with van der Waals surface area (Å²) < 4.78 is 5.61. The first kappa shape index (κ1) is 26.0. The van der Waals surface area contributed by atoms with Crippen LogP contribution in [0, 0.1) is 63.2 Å². The maximum absolute atomic E-state index is 11.7. The monoisotopic (exact) mass is 465 g/mol. The SMILES string of the molecule is CC(=O)O[C@H]([C]1[CH][CH][CH][C]1[C@@H](N=[N+]=[N-])c1ccccc1)c1ccccc1.[CH]1[CH][CH][CH][CH]1.[Fe+2]. The van der Waals surface area contributed by atoms with Crippen LogP contribution >= 0.6 is 0 Å². The van der Waals surface area contributed by atoms with Crippen LogP contribution in [0.4, 0.5) is 0 Å². The van der Waals surface area contributed by atoms with E-state index in [4.69, 9.17) is 10.3 Å². The van der Waals surface area contributed by atoms with Crippen molar-refractivity contribution in [2.75, 3.05) is 0 Å². The van der Waals surface area contributed by atoms with Crippen molar-refractivity contribution in [2.45, 2.75) is 19.1 Å². The molecule has 0 spiro atoms. The quantitative estimate of drug-likeness (QED) is 0.169. The number of ether oxygens (including phenoxy) is 1. The Morgan fingerprint density at radius 1 is 0.812 bits per heavy atom. The molecular formula is C26H23FeN3O2+2. The van der Waals surface area contributed by atoms with Gasteiger partial charge in [-0.05, 0) is 68.0 Å². The molecule has 2 saturated carbocycles. The fraction of sp³-hybridized carbons (Fsp3) is 0.115. The van der Waals surface area contributed by atoms with Crippen molar-refractivity contribution in [1.29, 1.82) is 0 Å². The minimum Gasteiger partial charge on any atom is -0.457 e. The van der Waals surface area contributed by atoms with Gasteiger partial charge in [0.2, 0.25) is 0 Å². The van der Waals surface area contributed by atoms with Gasteiger partial charge >= 0.3 is 23.0 Å². The van der Waals surface area contributed by atoms with Crippen molar-refractivity contribution >= 4 is 5.97 Å². The van der Waals surface area contributed by atoms with Gasteiger partial charge < -0.3 is 4.74 Å². The van der Waals surface area contributed by atoms with Gasteiger partial charge in [-0.15, -0.1) is 0 Å². The van der Waals surface area contributed by atoms with E-state index in [1.165, 1.54) is 6.92 Å². The Balaban J connectivity index is 0.000000534. The average molecular weight is 465 g/mol. The molecule has 0 aliphatic heterocycles. The molecule has 2 fully saturated rings. The van der Waals surface area contributed by atoms with E-state index in [9.17, 15) is 4.79 Å². The van der Waals surface area contributed by atoms with Gasteiger partial charge in [0.1, 0.15) is 6.10 Å². The number of esters is 1. The van der Waals surface area contributed by atoms with Gasteiger partial charge in [-0.3, -0.25) is 4.79 Å². The normalized spacial score (nSPS) is 17.8. The van der Waals surface area contributed by atoms with E-state index in [0.29, 0.717) is 0 Å². The molecule has 0 aromatic heterocycles. The van der Waals surface area contributed by atoms with E-state index < -0.39 is 12.1 Å². The summed E-state index contributed by atoms with van der Waals surface area (Å²) in [5.74, 6) is 1.27. The molecule has 0 unspecified atom stereocenters. The molecule has 0 N–H and O–H groups in total. The molecular weight excluding hydrogens is 442 g/mol. The van der Waals surface area contributed by atoms with Crippen LogP contribution in [0.1, 0.15) is 30.2 Å². The standard InChI is InChI=1S/C21H18N3O2.C5H5.Fe/c1-15(25)26-21(17-11-6-3-7-12-17)19-14-8-13-18(19)20(23-24-22)16-9-4-2-5-10-16;1-2-4-5-3-1;/h2-14,20-21H,1H3;1-5H;/q;;+2/t20-,21-;;/m0../s1. The van der Waals surface area contributed by atoms with E-state index in [0.717, 1.165) is 23.0 Å². The van der Waals surface area contributed by atoms with Crippen LogP contribution in [-0.4, -0.2) is 5.97 Å². The van der Waals surface area contributed by atoms with E-state index >= 15 is 0 Å². The van der Waals surface area contributed by atoms with Crippen LogP contribution in [-0.2, 0) is 26.6 Å². The van der Waals surface area contributed by atoms with Crippen molar-refractivity contribution in [3.8, 4) is 0 Å². The molecule has 2 aromatic rings. The van der Waals surface area contributed by atoms with E-state index in [-0.39, 0.29) is 23.0 Å². The third kappa shape index (κ3) is 7.41. The topological polar surface area (TPSA) is 75.1 Å². The maximum Gasteiger partial charge on any atom is 2.00 e. The first-order chi connectivity index (χ1) is 15.2.